The molecule has 150 valence electrons. The maximum Gasteiger partial charge on any atom is 0.229 e. The van der Waals surface area contributed by atoms with Gasteiger partial charge < -0.3 is 26.5 Å². The molecule has 0 aliphatic rings. The molecule has 0 saturated heterocycles. The number of nitrogen functional groups attached to an aromatic ring is 1. The molecule has 0 unspecified atom stereocenters. The molecule has 0 radical (unpaired) electrons. The molecule has 0 atom stereocenters. The second-order valence-electron chi connectivity index (χ2n) is 6.42. The van der Waals surface area contributed by atoms with Gasteiger partial charge in [-0.3, -0.25) is 0 Å². The highest BCUT2D eigenvalue weighted by atomic mass is 32.1. The van der Waals surface area contributed by atoms with Crippen molar-refractivity contribution in [1.29, 1.82) is 5.41 Å². The van der Waals surface area contributed by atoms with E-state index in [1.807, 2.05) is 47.4 Å². The number of aliphatic hydroxyl groups is 1. The Balaban J connectivity index is 1.96. The number of aliphatic hydroxyl groups excluding tert-OH is 1. The van der Waals surface area contributed by atoms with Crippen molar-refractivity contribution >= 4 is 47.7 Å². The summed E-state index contributed by atoms with van der Waals surface area (Å²) in [6, 6.07) is 15.0. The number of nitrogens with two attached hydrogens (primary N) is 1. The fourth-order valence-corrected chi connectivity index (χ4v) is 3.20. The minimum atomic E-state index is 0.124. The number of thiol groups is 1. The molecule has 7 nitrogen and oxygen atoms in total. The van der Waals surface area contributed by atoms with Gasteiger partial charge in [0.2, 0.25) is 5.95 Å². The van der Waals surface area contributed by atoms with E-state index in [1.165, 1.54) is 6.21 Å². The van der Waals surface area contributed by atoms with E-state index < -0.39 is 0 Å². The Hall–Kier alpha value is -3.10. The Labute approximate surface area is 175 Å². The lowest BCUT2D eigenvalue weighted by molar-refractivity contribution is 0.285. The maximum absolute atomic E-state index is 9.18. The largest absolute Gasteiger partial charge is 0.398 e. The van der Waals surface area contributed by atoms with Gasteiger partial charge in [0.25, 0.3) is 0 Å². The van der Waals surface area contributed by atoms with Crippen molar-refractivity contribution in [3.8, 4) is 0 Å². The Morgan fingerprint density at radius 2 is 2.00 bits per heavy atom. The number of benzene rings is 2. The van der Waals surface area contributed by atoms with Crippen molar-refractivity contribution in [3.63, 3.8) is 0 Å². The number of hydrogen-bond donors (Lipinski definition) is 5. The first-order chi connectivity index (χ1) is 14.1. The van der Waals surface area contributed by atoms with E-state index in [0.29, 0.717) is 36.0 Å². The minimum absolute atomic E-state index is 0.124. The van der Waals surface area contributed by atoms with Crippen molar-refractivity contribution in [2.45, 2.75) is 17.7 Å². The molecular weight excluding hydrogens is 384 g/mol. The van der Waals surface area contributed by atoms with Crippen LogP contribution in [0.4, 0.5) is 28.8 Å². The molecule has 0 fully saturated rings. The van der Waals surface area contributed by atoms with Gasteiger partial charge in [0.1, 0.15) is 5.82 Å². The number of aromatic nitrogens is 2. The van der Waals surface area contributed by atoms with Crippen LogP contribution in [0.25, 0.3) is 0 Å². The third kappa shape index (κ3) is 5.24. The first kappa shape index (κ1) is 20.6. The summed E-state index contributed by atoms with van der Waals surface area (Å²) in [5, 5.41) is 20.2. The van der Waals surface area contributed by atoms with Crippen molar-refractivity contribution < 1.29 is 5.11 Å². The van der Waals surface area contributed by atoms with Crippen LogP contribution in [0.5, 0.6) is 0 Å². The molecule has 2 aromatic carbocycles. The summed E-state index contributed by atoms with van der Waals surface area (Å²) in [5.41, 5.74) is 8.87. The van der Waals surface area contributed by atoms with Crippen LogP contribution < -0.4 is 16.0 Å². The second-order valence-corrected chi connectivity index (χ2v) is 6.94. The van der Waals surface area contributed by atoms with E-state index in [-0.39, 0.29) is 6.61 Å². The smallest absolute Gasteiger partial charge is 0.229 e. The van der Waals surface area contributed by atoms with Gasteiger partial charge in [-0.25, -0.2) is 4.98 Å². The topological polar surface area (TPSA) is 111 Å². The Morgan fingerprint density at radius 3 is 2.76 bits per heavy atom. The van der Waals surface area contributed by atoms with Crippen LogP contribution in [-0.4, -0.2) is 34.4 Å². The predicted octanol–water partition coefficient (Wildman–Crippen LogP) is 4.00. The number of anilines is 5. The highest BCUT2D eigenvalue weighted by Gasteiger charge is 2.16. The predicted molar refractivity (Wildman–Crippen MR) is 121 cm³/mol. The van der Waals surface area contributed by atoms with Gasteiger partial charge in [0.05, 0.1) is 5.69 Å². The van der Waals surface area contributed by atoms with E-state index in [4.69, 9.17) is 11.1 Å². The Bertz CT molecular complexity index is 981. The van der Waals surface area contributed by atoms with Crippen LogP contribution in [0.15, 0.2) is 59.6 Å². The molecule has 3 aromatic rings. The number of unbranched alkanes of at least 4 members (excludes halogenated alkanes) is 1. The molecule has 29 heavy (non-hydrogen) atoms. The van der Waals surface area contributed by atoms with Crippen LogP contribution in [0.1, 0.15) is 18.4 Å². The lowest BCUT2D eigenvalue weighted by Gasteiger charge is -2.26. The van der Waals surface area contributed by atoms with E-state index in [9.17, 15) is 5.11 Å². The van der Waals surface area contributed by atoms with Crippen molar-refractivity contribution in [1.82, 2.24) is 9.97 Å². The van der Waals surface area contributed by atoms with E-state index >= 15 is 0 Å². The van der Waals surface area contributed by atoms with Crippen LogP contribution >= 0.6 is 12.6 Å². The van der Waals surface area contributed by atoms with Crippen LogP contribution in [-0.2, 0) is 0 Å². The second kappa shape index (κ2) is 9.90. The zero-order chi connectivity index (χ0) is 20.6. The van der Waals surface area contributed by atoms with Crippen LogP contribution in [0.3, 0.4) is 0 Å². The first-order valence-electron chi connectivity index (χ1n) is 9.29. The zero-order valence-electron chi connectivity index (χ0n) is 15.9. The molecule has 0 aliphatic carbocycles. The Kier molecular flexibility index (Phi) is 7.04. The third-order valence-electron chi connectivity index (χ3n) is 4.36. The summed E-state index contributed by atoms with van der Waals surface area (Å²) in [4.78, 5) is 11.8. The van der Waals surface area contributed by atoms with E-state index in [1.54, 1.807) is 12.3 Å². The summed E-state index contributed by atoms with van der Waals surface area (Å²) in [7, 11) is 0. The Morgan fingerprint density at radius 1 is 1.17 bits per heavy atom. The van der Waals surface area contributed by atoms with Crippen molar-refractivity contribution in [2.75, 3.05) is 29.1 Å². The minimum Gasteiger partial charge on any atom is -0.398 e. The molecule has 1 heterocycles. The number of nitrogens with zero attached hydrogens (tertiary/aromatic N) is 3. The summed E-state index contributed by atoms with van der Waals surface area (Å²) in [5.74, 6) is 1.13. The number of hydrogen-bond acceptors (Lipinski definition) is 8. The summed E-state index contributed by atoms with van der Waals surface area (Å²) in [6.07, 6.45) is 4.37. The normalized spacial score (nSPS) is 10.6. The lowest BCUT2D eigenvalue weighted by Crippen LogP contribution is -2.22. The number of nitrogens with one attached hydrogen (secondary N) is 2. The molecule has 0 bridgehead atoms. The van der Waals surface area contributed by atoms with Crippen molar-refractivity contribution in [3.05, 3.63) is 60.3 Å². The SMILES string of the molecule is N=Cc1c(N)cccc1N(CCCCO)c1ccnc(Nc2cccc(S)c2)n1. The van der Waals surface area contributed by atoms with Crippen LogP contribution in [0.2, 0.25) is 0 Å². The molecule has 0 aliphatic heterocycles. The molecular formula is C21H24N6OS. The monoisotopic (exact) mass is 408 g/mol. The van der Waals surface area contributed by atoms with Gasteiger partial charge in [0, 0.05) is 47.4 Å². The quantitative estimate of drug-likeness (QED) is 0.158. The van der Waals surface area contributed by atoms with E-state index in [2.05, 4.69) is 27.9 Å². The molecule has 3 rings (SSSR count). The fraction of sp³-hybridized carbons (Fsp3) is 0.190. The molecule has 0 amide bonds. The van der Waals surface area contributed by atoms with Gasteiger partial charge in [-0.15, -0.1) is 12.6 Å². The maximum atomic E-state index is 9.18. The van der Waals surface area contributed by atoms with Crippen molar-refractivity contribution in [2.24, 2.45) is 0 Å². The molecule has 5 N–H and O–H groups in total. The zero-order valence-corrected chi connectivity index (χ0v) is 16.8. The average Bonchev–Trinajstić information content (AvgIpc) is 2.71. The van der Waals surface area contributed by atoms with Gasteiger partial charge in [-0.05, 0) is 49.2 Å². The standard InChI is InChI=1S/C21H24N6OS/c22-14-17-18(23)7-4-8-19(17)27(11-1-2-12-28)20-9-10-24-21(26-20)25-15-5-3-6-16(29)13-15/h3-10,13-14,22,28-29H,1-2,11-12,23H2,(H,24,25,26). The fourth-order valence-electron chi connectivity index (χ4n) is 2.98. The third-order valence-corrected chi connectivity index (χ3v) is 4.64. The van der Waals surface area contributed by atoms with E-state index in [0.717, 1.165) is 22.7 Å². The summed E-state index contributed by atoms with van der Waals surface area (Å²) < 4.78 is 0. The first-order valence-corrected chi connectivity index (χ1v) is 9.73. The molecule has 0 spiro atoms. The van der Waals surface area contributed by atoms with Gasteiger partial charge in [-0.2, -0.15) is 4.98 Å². The van der Waals surface area contributed by atoms with Gasteiger partial charge in [0.15, 0.2) is 0 Å². The highest BCUT2D eigenvalue weighted by molar-refractivity contribution is 7.80. The lowest BCUT2D eigenvalue weighted by atomic mass is 10.1. The number of rotatable bonds is 9. The van der Waals surface area contributed by atoms with Crippen LogP contribution in [0, 0.1) is 5.41 Å². The summed E-state index contributed by atoms with van der Waals surface area (Å²) in [6.45, 7) is 0.742. The highest BCUT2D eigenvalue weighted by Crippen LogP contribution is 2.30. The molecule has 0 saturated carbocycles. The van der Waals surface area contributed by atoms with Gasteiger partial charge in [-0.1, -0.05) is 12.1 Å². The summed E-state index contributed by atoms with van der Waals surface area (Å²) >= 11 is 4.36. The molecule has 8 heteroatoms. The molecule has 1 aromatic heterocycles. The van der Waals surface area contributed by atoms with Gasteiger partial charge >= 0.3 is 0 Å². The average molecular weight is 409 g/mol.